The van der Waals surface area contributed by atoms with Crippen LogP contribution >= 0.6 is 0 Å². The van der Waals surface area contributed by atoms with Crippen molar-refractivity contribution in [2.45, 2.75) is 38.4 Å². The van der Waals surface area contributed by atoms with Gasteiger partial charge in [0.15, 0.2) is 0 Å². The van der Waals surface area contributed by atoms with Gasteiger partial charge in [-0.1, -0.05) is 29.9 Å². The molecule has 3 heteroatoms. The molecule has 2 fully saturated rings. The van der Waals surface area contributed by atoms with Gasteiger partial charge in [-0.3, -0.25) is 0 Å². The molecular formula is C15H18O3. The fourth-order valence-electron chi connectivity index (χ4n) is 3.66. The molecule has 0 aromatic rings. The molecule has 1 aliphatic heterocycles. The van der Waals surface area contributed by atoms with E-state index >= 15 is 0 Å². The van der Waals surface area contributed by atoms with Crippen LogP contribution in [0.15, 0.2) is 35.5 Å². The summed E-state index contributed by atoms with van der Waals surface area (Å²) in [6.45, 7) is 9.94. The maximum Gasteiger partial charge on any atom is 0.334 e. The lowest BCUT2D eigenvalue weighted by Gasteiger charge is -2.25. The van der Waals surface area contributed by atoms with Crippen LogP contribution in [0, 0.1) is 11.8 Å². The number of fused-ring (bicyclic) bond motifs is 2. The van der Waals surface area contributed by atoms with E-state index in [0.29, 0.717) is 12.0 Å². The molecule has 3 nitrogen and oxygen atoms in total. The highest BCUT2D eigenvalue weighted by atomic mass is 16.6. The molecule has 96 valence electrons. The lowest BCUT2D eigenvalue weighted by molar-refractivity contribution is -0.139. The van der Waals surface area contributed by atoms with Crippen molar-refractivity contribution in [1.82, 2.24) is 0 Å². The summed E-state index contributed by atoms with van der Waals surface area (Å²) < 4.78 is 5.34. The monoisotopic (exact) mass is 246 g/mol. The topological polar surface area (TPSA) is 46.5 Å². The Labute approximate surface area is 107 Å². The van der Waals surface area contributed by atoms with Crippen molar-refractivity contribution >= 4 is 5.97 Å². The molecule has 0 aromatic carbocycles. The first-order valence-corrected chi connectivity index (χ1v) is 6.44. The van der Waals surface area contributed by atoms with Crippen molar-refractivity contribution in [3.05, 3.63) is 35.5 Å². The minimum absolute atomic E-state index is 0.00810. The zero-order valence-corrected chi connectivity index (χ0v) is 10.6. The van der Waals surface area contributed by atoms with Crippen molar-refractivity contribution in [1.29, 1.82) is 0 Å². The maximum atomic E-state index is 11.6. The summed E-state index contributed by atoms with van der Waals surface area (Å²) in [7, 11) is 0. The SMILES string of the molecule is C=C1CCC2=C(C)CC3OC(=O)C(=C)C3C(O)C12. The third-order valence-corrected chi connectivity index (χ3v) is 4.62. The highest BCUT2D eigenvalue weighted by Gasteiger charge is 2.49. The van der Waals surface area contributed by atoms with Crippen LogP contribution in [-0.4, -0.2) is 23.3 Å². The maximum absolute atomic E-state index is 11.6. The van der Waals surface area contributed by atoms with Crippen molar-refractivity contribution in [2.75, 3.05) is 0 Å². The number of hydrogen-bond donors (Lipinski definition) is 1. The Morgan fingerprint density at radius 1 is 1.33 bits per heavy atom. The van der Waals surface area contributed by atoms with Crippen LogP contribution in [0.3, 0.4) is 0 Å². The highest BCUT2D eigenvalue weighted by Crippen LogP contribution is 2.48. The van der Waals surface area contributed by atoms with Gasteiger partial charge in [0.25, 0.3) is 0 Å². The number of rotatable bonds is 0. The number of aliphatic hydroxyl groups excluding tert-OH is 1. The minimum Gasteiger partial charge on any atom is -0.458 e. The Kier molecular flexibility index (Phi) is 2.49. The van der Waals surface area contributed by atoms with Crippen LogP contribution in [0.2, 0.25) is 0 Å². The molecule has 0 bridgehead atoms. The van der Waals surface area contributed by atoms with E-state index in [1.807, 2.05) is 0 Å². The molecule has 1 heterocycles. The van der Waals surface area contributed by atoms with Gasteiger partial charge in [0.2, 0.25) is 0 Å². The fraction of sp³-hybridized carbons (Fsp3) is 0.533. The molecule has 2 aliphatic carbocycles. The molecule has 4 unspecified atom stereocenters. The van der Waals surface area contributed by atoms with Crippen LogP contribution < -0.4 is 0 Å². The second-order valence-corrected chi connectivity index (χ2v) is 5.63. The van der Waals surface area contributed by atoms with Crippen LogP contribution in [0.4, 0.5) is 0 Å². The van der Waals surface area contributed by atoms with Gasteiger partial charge in [-0.2, -0.15) is 0 Å². The van der Waals surface area contributed by atoms with E-state index in [1.54, 1.807) is 0 Å². The van der Waals surface area contributed by atoms with Crippen LogP contribution in [0.1, 0.15) is 26.2 Å². The van der Waals surface area contributed by atoms with E-state index in [1.165, 1.54) is 11.1 Å². The number of ether oxygens (including phenoxy) is 1. The van der Waals surface area contributed by atoms with E-state index in [9.17, 15) is 9.90 Å². The van der Waals surface area contributed by atoms with Crippen LogP contribution in [0.25, 0.3) is 0 Å². The zero-order chi connectivity index (χ0) is 13.0. The second kappa shape index (κ2) is 3.82. The van der Waals surface area contributed by atoms with E-state index in [2.05, 4.69) is 20.1 Å². The largest absolute Gasteiger partial charge is 0.458 e. The number of hydrogen-bond acceptors (Lipinski definition) is 3. The third kappa shape index (κ3) is 1.43. The second-order valence-electron chi connectivity index (χ2n) is 5.63. The smallest absolute Gasteiger partial charge is 0.334 e. The average Bonchev–Trinajstić information content (AvgIpc) is 2.78. The van der Waals surface area contributed by atoms with Crippen molar-refractivity contribution in [2.24, 2.45) is 11.8 Å². The number of aliphatic hydroxyl groups is 1. The number of esters is 1. The quantitative estimate of drug-likeness (QED) is 0.404. The standard InChI is InChI=1S/C15H18O3/c1-7-4-5-10-8(2)6-11-13(14(16)12(7)10)9(3)15(17)18-11/h11-14,16H,1,3-6H2,2H3. The summed E-state index contributed by atoms with van der Waals surface area (Å²) in [6.07, 6.45) is 1.77. The molecule has 4 atom stereocenters. The van der Waals surface area contributed by atoms with Gasteiger partial charge in [-0.25, -0.2) is 4.79 Å². The van der Waals surface area contributed by atoms with Gasteiger partial charge in [0.05, 0.1) is 12.0 Å². The van der Waals surface area contributed by atoms with E-state index < -0.39 is 6.10 Å². The average molecular weight is 246 g/mol. The zero-order valence-electron chi connectivity index (χ0n) is 10.6. The van der Waals surface area contributed by atoms with Gasteiger partial charge in [0.1, 0.15) is 6.10 Å². The van der Waals surface area contributed by atoms with Gasteiger partial charge >= 0.3 is 5.97 Å². The minimum atomic E-state index is -0.614. The van der Waals surface area contributed by atoms with Gasteiger partial charge in [0, 0.05) is 17.9 Å². The first-order valence-electron chi connectivity index (χ1n) is 6.44. The number of carbonyl (C=O) groups excluding carboxylic acids is 1. The molecule has 0 spiro atoms. The van der Waals surface area contributed by atoms with Gasteiger partial charge < -0.3 is 9.84 Å². The molecule has 3 aliphatic rings. The van der Waals surface area contributed by atoms with Crippen LogP contribution in [-0.2, 0) is 9.53 Å². The predicted molar refractivity (Wildman–Crippen MR) is 67.7 cm³/mol. The predicted octanol–water partition coefficient (Wildman–Crippen LogP) is 2.13. The molecule has 18 heavy (non-hydrogen) atoms. The van der Waals surface area contributed by atoms with Crippen molar-refractivity contribution < 1.29 is 14.6 Å². The van der Waals surface area contributed by atoms with Crippen LogP contribution in [0.5, 0.6) is 0 Å². The lowest BCUT2D eigenvalue weighted by Crippen LogP contribution is -2.33. The fourth-order valence-corrected chi connectivity index (χ4v) is 3.66. The Hall–Kier alpha value is -1.35. The van der Waals surface area contributed by atoms with Crippen molar-refractivity contribution in [3.8, 4) is 0 Å². The van der Waals surface area contributed by atoms with Gasteiger partial charge in [-0.15, -0.1) is 0 Å². The lowest BCUT2D eigenvalue weighted by atomic mass is 9.82. The molecule has 0 amide bonds. The summed E-state index contributed by atoms with van der Waals surface area (Å²) >= 11 is 0. The van der Waals surface area contributed by atoms with Gasteiger partial charge in [-0.05, 0) is 19.8 Å². The summed E-state index contributed by atoms with van der Waals surface area (Å²) in [5.74, 6) is -0.639. The molecule has 1 saturated carbocycles. The van der Waals surface area contributed by atoms with Crippen molar-refractivity contribution in [3.63, 3.8) is 0 Å². The molecule has 0 radical (unpaired) electrons. The molecule has 0 aromatic heterocycles. The third-order valence-electron chi connectivity index (χ3n) is 4.62. The number of carbonyl (C=O) groups is 1. The Balaban J connectivity index is 2.06. The van der Waals surface area contributed by atoms with E-state index in [0.717, 1.165) is 18.4 Å². The summed E-state index contributed by atoms with van der Waals surface area (Å²) in [4.78, 5) is 11.6. The highest BCUT2D eigenvalue weighted by molar-refractivity contribution is 5.91. The summed E-state index contributed by atoms with van der Waals surface area (Å²) in [6, 6.07) is 0. The first-order chi connectivity index (χ1) is 8.50. The normalized spacial score (nSPS) is 39.6. The summed E-state index contributed by atoms with van der Waals surface area (Å²) in [5, 5.41) is 10.6. The van der Waals surface area contributed by atoms with E-state index in [4.69, 9.17) is 4.74 Å². The molecule has 3 rings (SSSR count). The first kappa shape index (κ1) is 11.7. The Bertz CT molecular complexity index is 486. The molecule has 1 N–H and O–H groups in total. The van der Waals surface area contributed by atoms with E-state index in [-0.39, 0.29) is 23.9 Å². The molecular weight excluding hydrogens is 228 g/mol. The Morgan fingerprint density at radius 3 is 2.78 bits per heavy atom. The Morgan fingerprint density at radius 2 is 2.06 bits per heavy atom. The molecule has 1 saturated heterocycles. The summed E-state index contributed by atoms with van der Waals surface area (Å²) in [5.41, 5.74) is 4.03.